The second kappa shape index (κ2) is 7.98. The lowest BCUT2D eigenvalue weighted by Gasteiger charge is -2.08. The first-order valence-electron chi connectivity index (χ1n) is 8.88. The van der Waals surface area contributed by atoms with E-state index in [0.29, 0.717) is 28.2 Å². The number of para-hydroxylation sites is 1. The van der Waals surface area contributed by atoms with Crippen molar-refractivity contribution in [1.82, 2.24) is 0 Å². The summed E-state index contributed by atoms with van der Waals surface area (Å²) in [6.07, 6.45) is 0. The van der Waals surface area contributed by atoms with Gasteiger partial charge < -0.3 is 19.0 Å². The molecule has 0 aliphatic rings. The molecular formula is C23H18O5. The molecule has 1 N–H and O–H groups in total. The molecule has 0 amide bonds. The minimum Gasteiger partial charge on any atom is -0.491 e. The molecule has 4 rings (SSSR count). The number of ether oxygens (including phenoxy) is 2. The number of aliphatic hydroxyl groups is 1. The van der Waals surface area contributed by atoms with E-state index in [4.69, 9.17) is 19.0 Å². The van der Waals surface area contributed by atoms with E-state index in [1.54, 1.807) is 18.2 Å². The Morgan fingerprint density at radius 2 is 1.54 bits per heavy atom. The van der Waals surface area contributed by atoms with Gasteiger partial charge in [-0.05, 0) is 54.6 Å². The van der Waals surface area contributed by atoms with Gasteiger partial charge in [0.2, 0.25) is 0 Å². The van der Waals surface area contributed by atoms with Crippen molar-refractivity contribution in [3.8, 4) is 28.6 Å². The Bertz CT molecular complexity index is 1130. The van der Waals surface area contributed by atoms with Gasteiger partial charge in [0.15, 0.2) is 5.43 Å². The van der Waals surface area contributed by atoms with Crippen LogP contribution >= 0.6 is 0 Å². The summed E-state index contributed by atoms with van der Waals surface area (Å²) in [7, 11) is 0. The number of rotatable bonds is 6. The van der Waals surface area contributed by atoms with Crippen LogP contribution in [0.4, 0.5) is 0 Å². The maximum atomic E-state index is 12.5. The van der Waals surface area contributed by atoms with E-state index >= 15 is 0 Å². The normalized spacial score (nSPS) is 10.8. The molecule has 0 atom stereocenters. The molecule has 0 saturated carbocycles. The highest BCUT2D eigenvalue weighted by Crippen LogP contribution is 2.27. The van der Waals surface area contributed by atoms with Crippen LogP contribution in [0.15, 0.2) is 88.1 Å². The Kier molecular flexibility index (Phi) is 5.08. The summed E-state index contributed by atoms with van der Waals surface area (Å²) in [4.78, 5) is 12.5. The van der Waals surface area contributed by atoms with Gasteiger partial charge in [0.25, 0.3) is 0 Å². The van der Waals surface area contributed by atoms with Gasteiger partial charge in [-0.1, -0.05) is 18.2 Å². The zero-order valence-electron chi connectivity index (χ0n) is 15.0. The lowest BCUT2D eigenvalue weighted by Crippen LogP contribution is -2.04. The van der Waals surface area contributed by atoms with Crippen LogP contribution in [0.2, 0.25) is 0 Å². The van der Waals surface area contributed by atoms with Crippen molar-refractivity contribution in [2.75, 3.05) is 13.2 Å². The van der Waals surface area contributed by atoms with Crippen molar-refractivity contribution in [3.63, 3.8) is 0 Å². The molecule has 5 heteroatoms. The second-order valence-corrected chi connectivity index (χ2v) is 6.14. The number of benzene rings is 3. The van der Waals surface area contributed by atoms with Crippen LogP contribution in [0.1, 0.15) is 0 Å². The lowest BCUT2D eigenvalue weighted by molar-refractivity contribution is 0.201. The highest BCUT2D eigenvalue weighted by molar-refractivity contribution is 5.80. The molecule has 28 heavy (non-hydrogen) atoms. The summed E-state index contributed by atoms with van der Waals surface area (Å²) in [6.45, 7) is 0.0852. The Hall–Kier alpha value is -3.57. The van der Waals surface area contributed by atoms with E-state index in [1.807, 2.05) is 54.6 Å². The summed E-state index contributed by atoms with van der Waals surface area (Å²) in [6, 6.07) is 23.4. The van der Waals surface area contributed by atoms with Crippen LogP contribution in [0.5, 0.6) is 17.2 Å². The topological polar surface area (TPSA) is 68.9 Å². The standard InChI is InChI=1S/C23H18O5/c24-12-13-26-19-10-11-22-20(14-19)21(25)15-23(28-22)16-6-8-18(9-7-16)27-17-4-2-1-3-5-17/h1-11,14-15,24H,12-13H2. The molecule has 0 bridgehead atoms. The van der Waals surface area contributed by atoms with E-state index in [2.05, 4.69) is 0 Å². The van der Waals surface area contributed by atoms with Crippen molar-refractivity contribution in [1.29, 1.82) is 0 Å². The summed E-state index contributed by atoms with van der Waals surface area (Å²) >= 11 is 0. The van der Waals surface area contributed by atoms with Gasteiger partial charge in [0.05, 0.1) is 12.0 Å². The van der Waals surface area contributed by atoms with E-state index in [-0.39, 0.29) is 18.6 Å². The third-order valence-corrected chi connectivity index (χ3v) is 4.18. The average Bonchev–Trinajstić information content (AvgIpc) is 2.73. The maximum absolute atomic E-state index is 12.5. The zero-order chi connectivity index (χ0) is 19.3. The van der Waals surface area contributed by atoms with Gasteiger partial charge in [0, 0.05) is 11.6 Å². The van der Waals surface area contributed by atoms with E-state index in [0.717, 1.165) is 11.3 Å². The maximum Gasteiger partial charge on any atom is 0.193 e. The third kappa shape index (κ3) is 3.89. The SMILES string of the molecule is O=c1cc(-c2ccc(Oc3ccccc3)cc2)oc2ccc(OCCO)cc12. The molecule has 1 heterocycles. The number of hydrogen-bond donors (Lipinski definition) is 1. The fourth-order valence-corrected chi connectivity index (χ4v) is 2.84. The highest BCUT2D eigenvalue weighted by Gasteiger charge is 2.09. The molecule has 140 valence electrons. The molecule has 0 spiro atoms. The number of aliphatic hydroxyl groups excluding tert-OH is 1. The summed E-state index contributed by atoms with van der Waals surface area (Å²) < 4.78 is 17.0. The fraction of sp³-hybridized carbons (Fsp3) is 0.0870. The highest BCUT2D eigenvalue weighted by atomic mass is 16.5. The molecule has 0 saturated heterocycles. The largest absolute Gasteiger partial charge is 0.491 e. The Labute approximate surface area is 161 Å². The first kappa shape index (κ1) is 17.8. The van der Waals surface area contributed by atoms with Gasteiger partial charge in [0.1, 0.15) is 35.2 Å². The second-order valence-electron chi connectivity index (χ2n) is 6.14. The average molecular weight is 374 g/mol. The quantitative estimate of drug-likeness (QED) is 0.533. The third-order valence-electron chi connectivity index (χ3n) is 4.18. The Balaban J connectivity index is 1.61. The van der Waals surface area contributed by atoms with E-state index in [9.17, 15) is 4.79 Å². The fourth-order valence-electron chi connectivity index (χ4n) is 2.84. The van der Waals surface area contributed by atoms with Crippen molar-refractivity contribution >= 4 is 11.0 Å². The first-order chi connectivity index (χ1) is 13.7. The van der Waals surface area contributed by atoms with E-state index < -0.39 is 0 Å². The van der Waals surface area contributed by atoms with Crippen LogP contribution in [-0.2, 0) is 0 Å². The molecule has 0 aliphatic heterocycles. The van der Waals surface area contributed by atoms with Crippen LogP contribution < -0.4 is 14.9 Å². The van der Waals surface area contributed by atoms with Gasteiger partial charge in [-0.2, -0.15) is 0 Å². The molecule has 0 unspecified atom stereocenters. The molecule has 1 aromatic heterocycles. The lowest BCUT2D eigenvalue weighted by atomic mass is 10.1. The monoisotopic (exact) mass is 374 g/mol. The predicted molar refractivity (Wildman–Crippen MR) is 107 cm³/mol. The van der Waals surface area contributed by atoms with E-state index in [1.165, 1.54) is 6.07 Å². The molecule has 5 nitrogen and oxygen atoms in total. The van der Waals surface area contributed by atoms with Crippen LogP contribution in [0, 0.1) is 0 Å². The van der Waals surface area contributed by atoms with Crippen LogP contribution in [0.25, 0.3) is 22.3 Å². The first-order valence-corrected chi connectivity index (χ1v) is 8.88. The summed E-state index contributed by atoms with van der Waals surface area (Å²) in [5.74, 6) is 2.45. The Morgan fingerprint density at radius 3 is 2.29 bits per heavy atom. The van der Waals surface area contributed by atoms with Gasteiger partial charge >= 0.3 is 0 Å². The molecule has 3 aromatic carbocycles. The molecular weight excluding hydrogens is 356 g/mol. The minimum atomic E-state index is -0.157. The smallest absolute Gasteiger partial charge is 0.193 e. The Morgan fingerprint density at radius 1 is 0.821 bits per heavy atom. The zero-order valence-corrected chi connectivity index (χ0v) is 15.0. The van der Waals surface area contributed by atoms with Crippen molar-refractivity contribution in [2.24, 2.45) is 0 Å². The molecule has 4 aromatic rings. The molecule has 0 aliphatic carbocycles. The van der Waals surface area contributed by atoms with Gasteiger partial charge in [-0.25, -0.2) is 0 Å². The molecule has 0 fully saturated rings. The van der Waals surface area contributed by atoms with Crippen molar-refractivity contribution in [2.45, 2.75) is 0 Å². The number of fused-ring (bicyclic) bond motifs is 1. The van der Waals surface area contributed by atoms with Crippen molar-refractivity contribution < 1.29 is 19.0 Å². The molecule has 0 radical (unpaired) electrons. The minimum absolute atomic E-state index is 0.0877. The van der Waals surface area contributed by atoms with Crippen LogP contribution in [0.3, 0.4) is 0 Å². The van der Waals surface area contributed by atoms with Crippen molar-refractivity contribution in [3.05, 3.63) is 89.1 Å². The number of hydrogen-bond acceptors (Lipinski definition) is 5. The van der Waals surface area contributed by atoms with Crippen LogP contribution in [-0.4, -0.2) is 18.3 Å². The van der Waals surface area contributed by atoms with Gasteiger partial charge in [-0.3, -0.25) is 4.79 Å². The summed E-state index contributed by atoms with van der Waals surface area (Å²) in [5, 5.41) is 9.28. The summed E-state index contributed by atoms with van der Waals surface area (Å²) in [5.41, 5.74) is 1.10. The van der Waals surface area contributed by atoms with Gasteiger partial charge in [-0.15, -0.1) is 0 Å². The predicted octanol–water partition coefficient (Wildman–Crippen LogP) is 4.62.